The van der Waals surface area contributed by atoms with Gasteiger partial charge in [0.25, 0.3) is 5.91 Å². The lowest BCUT2D eigenvalue weighted by Crippen LogP contribution is -2.20. The second-order valence-electron chi connectivity index (χ2n) is 6.19. The molecule has 0 saturated heterocycles. The summed E-state index contributed by atoms with van der Waals surface area (Å²) >= 11 is 3.52. The molecule has 3 rings (SSSR count). The zero-order valence-electron chi connectivity index (χ0n) is 15.0. The standard InChI is InChI=1S/C22H21BrN2O2/c1-16-6-5-9-19(12-16)25-22(26)15-27-21-11-10-17(13-20(21)23)14-24-18-7-3-2-4-8-18/h2-13,24H,14-15H2,1H3,(H,25,26). The predicted octanol–water partition coefficient (Wildman–Crippen LogP) is 5.39. The first kappa shape index (κ1) is 19.0. The average molecular weight is 425 g/mol. The molecule has 0 atom stereocenters. The van der Waals surface area contributed by atoms with Crippen LogP contribution in [0.4, 0.5) is 11.4 Å². The van der Waals surface area contributed by atoms with Crippen molar-refractivity contribution in [1.82, 2.24) is 0 Å². The minimum Gasteiger partial charge on any atom is -0.483 e. The van der Waals surface area contributed by atoms with Crippen LogP contribution in [-0.4, -0.2) is 12.5 Å². The molecule has 5 heteroatoms. The molecule has 0 unspecified atom stereocenters. The fraction of sp³-hybridized carbons (Fsp3) is 0.136. The SMILES string of the molecule is Cc1cccc(NC(=O)COc2ccc(CNc3ccccc3)cc2Br)c1. The van der Waals surface area contributed by atoms with E-state index in [0.29, 0.717) is 12.3 Å². The summed E-state index contributed by atoms with van der Waals surface area (Å²) in [6.45, 7) is 2.64. The molecule has 0 bridgehead atoms. The molecule has 2 N–H and O–H groups in total. The van der Waals surface area contributed by atoms with E-state index in [9.17, 15) is 4.79 Å². The highest BCUT2D eigenvalue weighted by Crippen LogP contribution is 2.26. The van der Waals surface area contributed by atoms with E-state index in [1.54, 1.807) is 0 Å². The van der Waals surface area contributed by atoms with Crippen molar-refractivity contribution < 1.29 is 9.53 Å². The van der Waals surface area contributed by atoms with Gasteiger partial charge in [0.2, 0.25) is 0 Å². The normalized spacial score (nSPS) is 10.3. The average Bonchev–Trinajstić information content (AvgIpc) is 2.66. The van der Waals surface area contributed by atoms with Crippen molar-refractivity contribution in [3.05, 3.63) is 88.4 Å². The Hall–Kier alpha value is -2.79. The second-order valence-corrected chi connectivity index (χ2v) is 7.05. The van der Waals surface area contributed by atoms with Crippen molar-refractivity contribution in [2.45, 2.75) is 13.5 Å². The maximum absolute atomic E-state index is 12.1. The fourth-order valence-corrected chi connectivity index (χ4v) is 3.14. The third-order valence-electron chi connectivity index (χ3n) is 3.93. The molecule has 0 aliphatic heterocycles. The molecule has 27 heavy (non-hydrogen) atoms. The molecular formula is C22H21BrN2O2. The maximum Gasteiger partial charge on any atom is 0.262 e. The van der Waals surface area contributed by atoms with Crippen molar-refractivity contribution in [1.29, 1.82) is 0 Å². The van der Waals surface area contributed by atoms with Crippen LogP contribution in [0.15, 0.2) is 77.3 Å². The smallest absolute Gasteiger partial charge is 0.262 e. The van der Waals surface area contributed by atoms with Gasteiger partial charge >= 0.3 is 0 Å². The monoisotopic (exact) mass is 424 g/mol. The van der Waals surface area contributed by atoms with Crippen molar-refractivity contribution in [2.75, 3.05) is 17.2 Å². The van der Waals surface area contributed by atoms with Crippen LogP contribution in [0.2, 0.25) is 0 Å². The van der Waals surface area contributed by atoms with Gasteiger partial charge in [-0.3, -0.25) is 4.79 Å². The maximum atomic E-state index is 12.1. The minimum absolute atomic E-state index is 0.0475. The van der Waals surface area contributed by atoms with E-state index in [-0.39, 0.29) is 12.5 Å². The van der Waals surface area contributed by atoms with Gasteiger partial charge in [-0.25, -0.2) is 0 Å². The van der Waals surface area contributed by atoms with E-state index >= 15 is 0 Å². The molecule has 138 valence electrons. The largest absolute Gasteiger partial charge is 0.483 e. The zero-order chi connectivity index (χ0) is 19.1. The van der Waals surface area contributed by atoms with Crippen molar-refractivity contribution in [3.8, 4) is 5.75 Å². The van der Waals surface area contributed by atoms with Crippen LogP contribution in [0, 0.1) is 6.92 Å². The number of hydrogen-bond acceptors (Lipinski definition) is 3. The summed E-state index contributed by atoms with van der Waals surface area (Å²) in [7, 11) is 0. The molecule has 0 aliphatic rings. The number of hydrogen-bond donors (Lipinski definition) is 2. The Kier molecular flexibility index (Phi) is 6.49. The Morgan fingerprint density at radius 1 is 0.963 bits per heavy atom. The van der Waals surface area contributed by atoms with Gasteiger partial charge < -0.3 is 15.4 Å². The van der Waals surface area contributed by atoms with E-state index < -0.39 is 0 Å². The van der Waals surface area contributed by atoms with Crippen molar-refractivity contribution >= 4 is 33.2 Å². The Bertz CT molecular complexity index is 913. The first-order chi connectivity index (χ1) is 13.1. The van der Waals surface area contributed by atoms with Gasteiger partial charge in [0.1, 0.15) is 5.75 Å². The Labute approximate surface area is 167 Å². The van der Waals surface area contributed by atoms with Crippen LogP contribution in [-0.2, 0) is 11.3 Å². The van der Waals surface area contributed by atoms with Crippen molar-refractivity contribution in [3.63, 3.8) is 0 Å². The molecule has 4 nitrogen and oxygen atoms in total. The lowest BCUT2D eigenvalue weighted by atomic mass is 10.2. The third-order valence-corrected chi connectivity index (χ3v) is 4.55. The number of rotatable bonds is 7. The highest BCUT2D eigenvalue weighted by Gasteiger charge is 2.07. The summed E-state index contributed by atoms with van der Waals surface area (Å²) in [5, 5.41) is 6.20. The highest BCUT2D eigenvalue weighted by atomic mass is 79.9. The second kappa shape index (κ2) is 9.24. The minimum atomic E-state index is -0.192. The summed E-state index contributed by atoms with van der Waals surface area (Å²) in [5.74, 6) is 0.445. The first-order valence-corrected chi connectivity index (χ1v) is 9.46. The number of amides is 1. The Morgan fingerprint density at radius 3 is 2.48 bits per heavy atom. The van der Waals surface area contributed by atoms with Gasteiger partial charge in [-0.2, -0.15) is 0 Å². The highest BCUT2D eigenvalue weighted by molar-refractivity contribution is 9.10. The molecule has 1 amide bonds. The number of benzene rings is 3. The molecule has 0 spiro atoms. The molecule has 0 heterocycles. The third kappa shape index (κ3) is 5.86. The Morgan fingerprint density at radius 2 is 1.74 bits per heavy atom. The molecular weight excluding hydrogens is 404 g/mol. The molecule has 0 radical (unpaired) electrons. The lowest BCUT2D eigenvalue weighted by molar-refractivity contribution is -0.118. The molecule has 0 saturated carbocycles. The van der Waals surface area contributed by atoms with E-state index in [1.165, 1.54) is 0 Å². The van der Waals surface area contributed by atoms with Crippen molar-refractivity contribution in [2.24, 2.45) is 0 Å². The van der Waals surface area contributed by atoms with Gasteiger partial charge in [0.05, 0.1) is 4.47 Å². The summed E-state index contributed by atoms with van der Waals surface area (Å²) < 4.78 is 6.46. The number of halogens is 1. The quantitative estimate of drug-likeness (QED) is 0.534. The number of nitrogens with one attached hydrogen (secondary N) is 2. The topological polar surface area (TPSA) is 50.4 Å². The lowest BCUT2D eigenvalue weighted by Gasteiger charge is -2.11. The van der Waals surface area contributed by atoms with E-state index in [2.05, 4.69) is 26.6 Å². The van der Waals surface area contributed by atoms with E-state index in [4.69, 9.17) is 4.74 Å². The van der Waals surface area contributed by atoms with Crippen LogP contribution in [0.25, 0.3) is 0 Å². The van der Waals surface area contributed by atoms with Crippen LogP contribution in [0.3, 0.4) is 0 Å². The summed E-state index contributed by atoms with van der Waals surface area (Å²) in [4.78, 5) is 12.1. The first-order valence-electron chi connectivity index (χ1n) is 8.67. The number of anilines is 2. The van der Waals surface area contributed by atoms with Crippen LogP contribution in [0.5, 0.6) is 5.75 Å². The van der Waals surface area contributed by atoms with Gasteiger partial charge in [0, 0.05) is 17.9 Å². The predicted molar refractivity (Wildman–Crippen MR) is 113 cm³/mol. The van der Waals surface area contributed by atoms with Crippen LogP contribution in [0.1, 0.15) is 11.1 Å². The molecule has 3 aromatic carbocycles. The van der Waals surface area contributed by atoms with Crippen LogP contribution >= 0.6 is 15.9 Å². The fourth-order valence-electron chi connectivity index (χ4n) is 2.59. The Balaban J connectivity index is 1.52. The number of ether oxygens (including phenoxy) is 1. The van der Waals surface area contributed by atoms with Crippen LogP contribution < -0.4 is 15.4 Å². The molecule has 0 aliphatic carbocycles. The van der Waals surface area contributed by atoms with Gasteiger partial charge in [-0.1, -0.05) is 36.4 Å². The number of carbonyl (C=O) groups is 1. The number of aryl methyl sites for hydroxylation is 1. The van der Waals surface area contributed by atoms with Gasteiger partial charge in [-0.15, -0.1) is 0 Å². The molecule has 0 aromatic heterocycles. The number of para-hydroxylation sites is 1. The molecule has 0 fully saturated rings. The molecule has 3 aromatic rings. The van der Waals surface area contributed by atoms with Gasteiger partial charge in [-0.05, 0) is 70.4 Å². The zero-order valence-corrected chi connectivity index (χ0v) is 16.6. The van der Waals surface area contributed by atoms with Gasteiger partial charge in [0.15, 0.2) is 6.61 Å². The summed E-state index contributed by atoms with van der Waals surface area (Å²) in [5.41, 5.74) is 4.05. The summed E-state index contributed by atoms with van der Waals surface area (Å²) in [6, 6.07) is 23.5. The summed E-state index contributed by atoms with van der Waals surface area (Å²) in [6.07, 6.45) is 0. The van der Waals surface area contributed by atoms with E-state index in [0.717, 1.165) is 27.0 Å². The number of carbonyl (C=O) groups excluding carboxylic acids is 1. The van der Waals surface area contributed by atoms with E-state index in [1.807, 2.05) is 79.7 Å².